The maximum Gasteiger partial charge on any atom is 0.123 e. The third-order valence-electron chi connectivity index (χ3n) is 4.52. The zero-order valence-corrected chi connectivity index (χ0v) is 13.8. The molecule has 0 radical (unpaired) electrons. The van der Waals surface area contributed by atoms with Crippen LogP contribution in [-0.2, 0) is 13.1 Å². The number of hydrogen-bond donors (Lipinski definition) is 1. The molecule has 1 aromatic carbocycles. The highest BCUT2D eigenvalue weighted by molar-refractivity contribution is 5.37. The molecule has 2 rings (SSSR count). The van der Waals surface area contributed by atoms with Gasteiger partial charge in [0.25, 0.3) is 0 Å². The Kier molecular flexibility index (Phi) is 6.52. The van der Waals surface area contributed by atoms with Crippen LogP contribution in [0.15, 0.2) is 18.2 Å². The van der Waals surface area contributed by atoms with Crippen molar-refractivity contribution in [2.45, 2.75) is 58.7 Å². The van der Waals surface area contributed by atoms with Crippen LogP contribution in [0.1, 0.15) is 50.7 Å². The van der Waals surface area contributed by atoms with Crippen molar-refractivity contribution in [1.82, 2.24) is 10.2 Å². The van der Waals surface area contributed by atoms with Gasteiger partial charge in [-0.1, -0.05) is 26.3 Å². The molecule has 1 saturated heterocycles. The number of methoxy groups -OCH3 is 1. The van der Waals surface area contributed by atoms with Crippen molar-refractivity contribution in [1.29, 1.82) is 0 Å². The molecule has 1 N–H and O–H groups in total. The smallest absolute Gasteiger partial charge is 0.123 e. The SMILES string of the molecule is CCNCc1ccc(OC)c(CN2CCCCC2CC)c1. The van der Waals surface area contributed by atoms with Gasteiger partial charge in [0.15, 0.2) is 0 Å². The highest BCUT2D eigenvalue weighted by atomic mass is 16.5. The van der Waals surface area contributed by atoms with Crippen molar-refractivity contribution in [2.24, 2.45) is 0 Å². The summed E-state index contributed by atoms with van der Waals surface area (Å²) in [6.45, 7) is 8.63. The molecule has 0 aromatic heterocycles. The molecule has 0 spiro atoms. The van der Waals surface area contributed by atoms with Gasteiger partial charge in [-0.25, -0.2) is 0 Å². The van der Waals surface area contributed by atoms with Gasteiger partial charge in [-0.2, -0.15) is 0 Å². The molecular formula is C18H30N2O. The van der Waals surface area contributed by atoms with Gasteiger partial charge in [0.1, 0.15) is 5.75 Å². The Labute approximate surface area is 129 Å². The minimum atomic E-state index is 0.737. The van der Waals surface area contributed by atoms with Crippen molar-refractivity contribution in [2.75, 3.05) is 20.2 Å². The lowest BCUT2D eigenvalue weighted by Crippen LogP contribution is -2.38. The van der Waals surface area contributed by atoms with Crippen LogP contribution in [0.5, 0.6) is 5.75 Å². The van der Waals surface area contributed by atoms with E-state index >= 15 is 0 Å². The van der Waals surface area contributed by atoms with Crippen LogP contribution < -0.4 is 10.1 Å². The largest absolute Gasteiger partial charge is 0.496 e. The molecule has 1 fully saturated rings. The number of likely N-dealkylation sites (tertiary alicyclic amines) is 1. The maximum absolute atomic E-state index is 5.57. The van der Waals surface area contributed by atoms with Gasteiger partial charge in [0.05, 0.1) is 7.11 Å². The fourth-order valence-corrected chi connectivity index (χ4v) is 3.28. The van der Waals surface area contributed by atoms with Crippen LogP contribution in [0.4, 0.5) is 0 Å². The highest BCUT2D eigenvalue weighted by Gasteiger charge is 2.21. The van der Waals surface area contributed by atoms with Crippen molar-refractivity contribution in [3.63, 3.8) is 0 Å². The van der Waals surface area contributed by atoms with Gasteiger partial charge >= 0.3 is 0 Å². The van der Waals surface area contributed by atoms with Gasteiger partial charge in [-0.05, 0) is 50.0 Å². The molecule has 21 heavy (non-hydrogen) atoms. The van der Waals surface area contributed by atoms with Crippen LogP contribution in [0.3, 0.4) is 0 Å². The standard InChI is InChI=1S/C18H30N2O/c1-4-17-8-6-7-11-20(17)14-16-12-15(13-19-5-2)9-10-18(16)21-3/h9-10,12,17,19H,4-8,11,13-14H2,1-3H3. The van der Waals surface area contributed by atoms with Crippen LogP contribution in [-0.4, -0.2) is 31.1 Å². The lowest BCUT2D eigenvalue weighted by atomic mass is 9.98. The van der Waals surface area contributed by atoms with E-state index in [1.807, 2.05) is 0 Å². The summed E-state index contributed by atoms with van der Waals surface area (Å²) in [6, 6.07) is 7.33. The molecule has 1 aliphatic rings. The van der Waals surface area contributed by atoms with Crippen molar-refractivity contribution in [3.05, 3.63) is 29.3 Å². The van der Waals surface area contributed by atoms with Gasteiger partial charge in [0, 0.05) is 24.7 Å². The van der Waals surface area contributed by atoms with Crippen LogP contribution in [0.25, 0.3) is 0 Å². The van der Waals surface area contributed by atoms with Crippen LogP contribution in [0.2, 0.25) is 0 Å². The highest BCUT2D eigenvalue weighted by Crippen LogP contribution is 2.26. The molecule has 0 saturated carbocycles. The molecule has 0 bridgehead atoms. The van der Waals surface area contributed by atoms with Crippen LogP contribution >= 0.6 is 0 Å². The average molecular weight is 290 g/mol. The number of hydrogen-bond acceptors (Lipinski definition) is 3. The van der Waals surface area contributed by atoms with E-state index in [9.17, 15) is 0 Å². The number of benzene rings is 1. The third-order valence-corrected chi connectivity index (χ3v) is 4.52. The average Bonchev–Trinajstić information content (AvgIpc) is 2.53. The zero-order chi connectivity index (χ0) is 15.1. The van der Waals surface area contributed by atoms with E-state index in [-0.39, 0.29) is 0 Å². The first kappa shape index (κ1) is 16.3. The minimum Gasteiger partial charge on any atom is -0.496 e. The van der Waals surface area contributed by atoms with Gasteiger partial charge in [0.2, 0.25) is 0 Å². The summed E-state index contributed by atoms with van der Waals surface area (Å²) < 4.78 is 5.57. The lowest BCUT2D eigenvalue weighted by molar-refractivity contribution is 0.135. The monoisotopic (exact) mass is 290 g/mol. The second-order valence-electron chi connectivity index (χ2n) is 5.95. The lowest BCUT2D eigenvalue weighted by Gasteiger charge is -2.35. The topological polar surface area (TPSA) is 24.5 Å². The van der Waals surface area contributed by atoms with E-state index in [0.29, 0.717) is 0 Å². The summed E-state index contributed by atoms with van der Waals surface area (Å²) in [5, 5.41) is 3.40. The van der Waals surface area contributed by atoms with Crippen molar-refractivity contribution >= 4 is 0 Å². The van der Waals surface area contributed by atoms with E-state index in [4.69, 9.17) is 4.74 Å². The second kappa shape index (κ2) is 8.40. The zero-order valence-electron chi connectivity index (χ0n) is 13.8. The fourth-order valence-electron chi connectivity index (χ4n) is 3.28. The summed E-state index contributed by atoms with van der Waals surface area (Å²) in [7, 11) is 1.77. The van der Waals surface area contributed by atoms with Crippen molar-refractivity contribution in [3.8, 4) is 5.75 Å². The van der Waals surface area contributed by atoms with E-state index < -0.39 is 0 Å². The second-order valence-corrected chi connectivity index (χ2v) is 5.95. The summed E-state index contributed by atoms with van der Waals surface area (Å²) >= 11 is 0. The van der Waals surface area contributed by atoms with E-state index in [0.717, 1.165) is 31.4 Å². The predicted molar refractivity (Wildman–Crippen MR) is 88.7 cm³/mol. The van der Waals surface area contributed by atoms with Crippen LogP contribution in [0, 0.1) is 0 Å². The summed E-state index contributed by atoms with van der Waals surface area (Å²) in [6.07, 6.45) is 5.30. The first-order valence-electron chi connectivity index (χ1n) is 8.39. The van der Waals surface area contributed by atoms with Gasteiger partial charge < -0.3 is 10.1 Å². The molecule has 0 aliphatic carbocycles. The molecule has 1 atom stereocenters. The Hall–Kier alpha value is -1.06. The van der Waals surface area contributed by atoms with Gasteiger partial charge in [-0.15, -0.1) is 0 Å². The summed E-state index contributed by atoms with van der Waals surface area (Å²) in [4.78, 5) is 2.64. The molecule has 3 nitrogen and oxygen atoms in total. The minimum absolute atomic E-state index is 0.737. The first-order valence-corrected chi connectivity index (χ1v) is 8.39. The Balaban J connectivity index is 2.12. The Bertz CT molecular complexity index is 433. The predicted octanol–water partition coefficient (Wildman–Crippen LogP) is 3.57. The Morgan fingerprint density at radius 1 is 1.29 bits per heavy atom. The Morgan fingerprint density at radius 2 is 2.14 bits per heavy atom. The molecular weight excluding hydrogens is 260 g/mol. The number of nitrogens with one attached hydrogen (secondary N) is 1. The molecule has 0 amide bonds. The normalized spacial score (nSPS) is 19.7. The van der Waals surface area contributed by atoms with E-state index in [1.54, 1.807) is 7.11 Å². The molecule has 3 heteroatoms. The number of rotatable bonds is 7. The number of piperidine rings is 1. The number of ether oxygens (including phenoxy) is 1. The fraction of sp³-hybridized carbons (Fsp3) is 0.667. The molecule has 118 valence electrons. The molecule has 1 heterocycles. The van der Waals surface area contributed by atoms with E-state index in [2.05, 4.69) is 42.3 Å². The number of nitrogens with zero attached hydrogens (tertiary/aromatic N) is 1. The summed E-state index contributed by atoms with van der Waals surface area (Å²) in [5.41, 5.74) is 2.67. The van der Waals surface area contributed by atoms with E-state index in [1.165, 1.54) is 43.4 Å². The molecule has 1 aromatic rings. The Morgan fingerprint density at radius 3 is 2.86 bits per heavy atom. The quantitative estimate of drug-likeness (QED) is 0.831. The third kappa shape index (κ3) is 4.45. The molecule has 1 unspecified atom stereocenters. The first-order chi connectivity index (χ1) is 10.3. The molecule has 1 aliphatic heterocycles. The summed E-state index contributed by atoms with van der Waals surface area (Å²) in [5.74, 6) is 1.02. The van der Waals surface area contributed by atoms with Gasteiger partial charge in [-0.3, -0.25) is 4.90 Å². The maximum atomic E-state index is 5.57. The van der Waals surface area contributed by atoms with Crippen molar-refractivity contribution < 1.29 is 4.74 Å².